The second-order valence-electron chi connectivity index (χ2n) is 4.65. The molecular formula is C15H15FN2O2S. The third-order valence-corrected chi connectivity index (χ3v) is 4.56. The van der Waals surface area contributed by atoms with Crippen LogP contribution in [0.4, 0.5) is 4.39 Å². The lowest BCUT2D eigenvalue weighted by molar-refractivity contribution is 0.206. The van der Waals surface area contributed by atoms with Gasteiger partial charge in [0, 0.05) is 16.1 Å². The number of methoxy groups -OCH3 is 1. The highest BCUT2D eigenvalue weighted by molar-refractivity contribution is 7.19. The molecule has 0 bridgehead atoms. The van der Waals surface area contributed by atoms with Crippen molar-refractivity contribution >= 4 is 21.4 Å². The van der Waals surface area contributed by atoms with Crippen LogP contribution in [0.2, 0.25) is 0 Å². The molecule has 0 aliphatic heterocycles. The number of aryl methyl sites for hydroxylation is 1. The van der Waals surface area contributed by atoms with Gasteiger partial charge in [0.1, 0.15) is 17.6 Å². The minimum atomic E-state index is -0.845. The summed E-state index contributed by atoms with van der Waals surface area (Å²) in [6, 6.07) is 6.42. The van der Waals surface area contributed by atoms with Gasteiger partial charge in [-0.15, -0.1) is 11.3 Å². The first kappa shape index (κ1) is 14.0. The Kier molecular flexibility index (Phi) is 3.65. The van der Waals surface area contributed by atoms with Gasteiger partial charge in [-0.2, -0.15) is 5.10 Å². The maximum absolute atomic E-state index is 13.3. The molecule has 0 radical (unpaired) electrons. The van der Waals surface area contributed by atoms with Crippen molar-refractivity contribution in [1.29, 1.82) is 0 Å². The lowest BCUT2D eigenvalue weighted by atomic mass is 10.1. The topological polar surface area (TPSA) is 47.3 Å². The normalized spacial score (nSPS) is 12.8. The van der Waals surface area contributed by atoms with Crippen LogP contribution >= 0.6 is 11.3 Å². The number of rotatable bonds is 4. The van der Waals surface area contributed by atoms with E-state index in [2.05, 4.69) is 5.10 Å². The number of aliphatic hydroxyl groups excluding tert-OH is 1. The van der Waals surface area contributed by atoms with Crippen molar-refractivity contribution in [2.45, 2.75) is 19.6 Å². The first-order valence-electron chi connectivity index (χ1n) is 6.60. The third kappa shape index (κ3) is 2.41. The monoisotopic (exact) mass is 306 g/mol. The number of fused-ring (bicyclic) bond motifs is 1. The van der Waals surface area contributed by atoms with Gasteiger partial charge >= 0.3 is 0 Å². The first-order chi connectivity index (χ1) is 10.1. The van der Waals surface area contributed by atoms with Gasteiger partial charge in [0.25, 0.3) is 0 Å². The van der Waals surface area contributed by atoms with E-state index >= 15 is 0 Å². The van der Waals surface area contributed by atoms with Crippen LogP contribution < -0.4 is 4.74 Å². The van der Waals surface area contributed by atoms with Crippen LogP contribution in [0.5, 0.6) is 5.75 Å². The summed E-state index contributed by atoms with van der Waals surface area (Å²) in [5.74, 6) is 0.269. The lowest BCUT2D eigenvalue weighted by Crippen LogP contribution is -2.09. The highest BCUT2D eigenvalue weighted by Crippen LogP contribution is 2.36. The second kappa shape index (κ2) is 5.46. The molecule has 2 aromatic heterocycles. The van der Waals surface area contributed by atoms with E-state index in [-0.39, 0.29) is 5.82 Å². The summed E-state index contributed by atoms with van der Waals surface area (Å²) in [5, 5.41) is 15.6. The van der Waals surface area contributed by atoms with Gasteiger partial charge in [-0.05, 0) is 36.6 Å². The van der Waals surface area contributed by atoms with Gasteiger partial charge in [0.15, 0.2) is 5.75 Å². The molecule has 3 rings (SSSR count). The molecule has 1 N–H and O–H groups in total. The van der Waals surface area contributed by atoms with Crippen LogP contribution in [0.25, 0.3) is 10.1 Å². The average Bonchev–Trinajstić information content (AvgIpc) is 3.08. The quantitative estimate of drug-likeness (QED) is 0.804. The summed E-state index contributed by atoms with van der Waals surface area (Å²) < 4.78 is 21.2. The molecule has 1 unspecified atom stereocenters. The highest BCUT2D eigenvalue weighted by Gasteiger charge is 2.22. The fourth-order valence-electron chi connectivity index (χ4n) is 2.37. The number of halogens is 1. The van der Waals surface area contributed by atoms with E-state index in [1.807, 2.05) is 6.92 Å². The SMILES string of the molecule is CCn1ncc(OC)c1C(O)c1cc2cc(F)ccc2s1. The predicted octanol–water partition coefficient (Wildman–Crippen LogP) is 3.35. The van der Waals surface area contributed by atoms with E-state index in [1.165, 1.54) is 23.5 Å². The molecule has 4 nitrogen and oxygen atoms in total. The third-order valence-electron chi connectivity index (χ3n) is 3.39. The van der Waals surface area contributed by atoms with Crippen LogP contribution in [0, 0.1) is 5.82 Å². The van der Waals surface area contributed by atoms with Crippen LogP contribution in [0.1, 0.15) is 23.6 Å². The van der Waals surface area contributed by atoms with E-state index in [1.54, 1.807) is 30.1 Å². The largest absolute Gasteiger partial charge is 0.493 e. The number of nitrogens with zero attached hydrogens (tertiary/aromatic N) is 2. The van der Waals surface area contributed by atoms with E-state index in [4.69, 9.17) is 4.74 Å². The van der Waals surface area contributed by atoms with Gasteiger partial charge < -0.3 is 9.84 Å². The Labute approximate surface area is 125 Å². The molecule has 1 atom stereocenters. The lowest BCUT2D eigenvalue weighted by Gasteiger charge is -2.12. The molecule has 2 heterocycles. The van der Waals surface area contributed by atoms with Gasteiger partial charge in [-0.25, -0.2) is 4.39 Å². The molecule has 0 spiro atoms. The zero-order valence-electron chi connectivity index (χ0n) is 11.7. The predicted molar refractivity (Wildman–Crippen MR) is 80.3 cm³/mol. The van der Waals surface area contributed by atoms with Crippen LogP contribution in [-0.4, -0.2) is 22.0 Å². The summed E-state index contributed by atoms with van der Waals surface area (Å²) in [4.78, 5) is 0.740. The van der Waals surface area contributed by atoms with Crippen molar-refractivity contribution < 1.29 is 14.2 Å². The fourth-order valence-corrected chi connectivity index (χ4v) is 3.40. The Bertz CT molecular complexity index is 760. The summed E-state index contributed by atoms with van der Waals surface area (Å²) in [6.07, 6.45) is 0.748. The molecule has 6 heteroatoms. The molecule has 0 aliphatic carbocycles. The number of hydrogen-bond donors (Lipinski definition) is 1. The van der Waals surface area contributed by atoms with Gasteiger partial charge in [-0.1, -0.05) is 0 Å². The van der Waals surface area contributed by atoms with E-state index in [0.717, 1.165) is 15.0 Å². The molecule has 1 aromatic carbocycles. The molecule has 110 valence electrons. The van der Waals surface area contributed by atoms with Gasteiger partial charge in [0.05, 0.1) is 13.3 Å². The Hall–Kier alpha value is -1.92. The summed E-state index contributed by atoms with van der Waals surface area (Å²) >= 11 is 1.44. The Morgan fingerprint density at radius 3 is 2.95 bits per heavy atom. The molecule has 0 amide bonds. The van der Waals surface area contributed by atoms with Crippen molar-refractivity contribution in [2.24, 2.45) is 0 Å². The number of benzene rings is 1. The number of aromatic nitrogens is 2. The van der Waals surface area contributed by atoms with E-state index in [9.17, 15) is 9.50 Å². The number of ether oxygens (including phenoxy) is 1. The zero-order valence-corrected chi connectivity index (χ0v) is 12.5. The maximum Gasteiger partial charge on any atom is 0.163 e. The molecule has 3 aromatic rings. The second-order valence-corrected chi connectivity index (χ2v) is 5.76. The Balaban J connectivity index is 2.07. The molecule has 0 fully saturated rings. The summed E-state index contributed by atoms with van der Waals surface area (Å²) in [7, 11) is 1.55. The van der Waals surface area contributed by atoms with Crippen LogP contribution in [-0.2, 0) is 6.54 Å². The minimum absolute atomic E-state index is 0.280. The summed E-state index contributed by atoms with van der Waals surface area (Å²) in [5.41, 5.74) is 0.618. The molecule has 0 saturated carbocycles. The summed E-state index contributed by atoms with van der Waals surface area (Å²) in [6.45, 7) is 2.58. The Morgan fingerprint density at radius 1 is 1.43 bits per heavy atom. The van der Waals surface area contributed by atoms with E-state index < -0.39 is 6.10 Å². The molecule has 0 saturated heterocycles. The minimum Gasteiger partial charge on any atom is -0.493 e. The van der Waals surface area contributed by atoms with Crippen LogP contribution in [0.3, 0.4) is 0 Å². The first-order valence-corrected chi connectivity index (χ1v) is 7.42. The maximum atomic E-state index is 13.3. The van der Waals surface area contributed by atoms with Crippen LogP contribution in [0.15, 0.2) is 30.5 Å². The number of aliphatic hydroxyl groups is 1. The van der Waals surface area contributed by atoms with E-state index in [0.29, 0.717) is 18.0 Å². The molecule has 0 aliphatic rings. The van der Waals surface area contributed by atoms with Crippen molar-refractivity contribution in [1.82, 2.24) is 9.78 Å². The number of thiophene rings is 1. The molecular weight excluding hydrogens is 291 g/mol. The van der Waals surface area contributed by atoms with Gasteiger partial charge in [-0.3, -0.25) is 4.68 Å². The standard InChI is InChI=1S/C15H15FN2O2S/c1-3-18-14(11(20-2)8-17-18)15(19)13-7-9-6-10(16)4-5-12(9)21-13/h4-8,15,19H,3H2,1-2H3. The van der Waals surface area contributed by atoms with Crippen molar-refractivity contribution in [3.05, 3.63) is 46.9 Å². The van der Waals surface area contributed by atoms with Crippen molar-refractivity contribution in [2.75, 3.05) is 7.11 Å². The Morgan fingerprint density at radius 2 is 2.24 bits per heavy atom. The highest BCUT2D eigenvalue weighted by atomic mass is 32.1. The smallest absolute Gasteiger partial charge is 0.163 e. The number of hydrogen-bond acceptors (Lipinski definition) is 4. The molecule has 21 heavy (non-hydrogen) atoms. The van der Waals surface area contributed by atoms with Gasteiger partial charge in [0.2, 0.25) is 0 Å². The van der Waals surface area contributed by atoms with Crippen molar-refractivity contribution in [3.8, 4) is 5.75 Å². The zero-order chi connectivity index (χ0) is 15.0. The average molecular weight is 306 g/mol. The van der Waals surface area contributed by atoms with Crippen molar-refractivity contribution in [3.63, 3.8) is 0 Å². The fraction of sp³-hybridized carbons (Fsp3) is 0.267.